The lowest BCUT2D eigenvalue weighted by Crippen LogP contribution is -2.38. The van der Waals surface area contributed by atoms with Gasteiger partial charge in [-0.2, -0.15) is 0 Å². The van der Waals surface area contributed by atoms with Crippen LogP contribution < -0.4 is 10.6 Å². The van der Waals surface area contributed by atoms with Crippen molar-refractivity contribution in [1.29, 1.82) is 0 Å². The molecule has 0 radical (unpaired) electrons. The van der Waals surface area contributed by atoms with Crippen molar-refractivity contribution in [2.45, 2.75) is 43.3 Å². The number of likely N-dealkylation sites (tertiary alicyclic amines) is 1. The second-order valence-corrected chi connectivity index (χ2v) is 8.52. The average molecular weight is 362 g/mol. The maximum absolute atomic E-state index is 12.4. The number of amides is 2. The Morgan fingerprint density at radius 3 is 2.88 bits per heavy atom. The van der Waals surface area contributed by atoms with E-state index >= 15 is 0 Å². The van der Waals surface area contributed by atoms with Gasteiger partial charge >= 0.3 is 0 Å². The van der Waals surface area contributed by atoms with E-state index in [1.807, 2.05) is 19.1 Å². The minimum absolute atomic E-state index is 0.00906. The van der Waals surface area contributed by atoms with Gasteiger partial charge in [0.25, 0.3) is 5.91 Å². The molecule has 2 heterocycles. The molecule has 0 aromatic heterocycles. The molecule has 1 aromatic rings. The van der Waals surface area contributed by atoms with Crippen LogP contribution in [-0.4, -0.2) is 48.1 Å². The number of rotatable bonds is 5. The zero-order valence-electron chi connectivity index (χ0n) is 15.0. The van der Waals surface area contributed by atoms with E-state index in [4.69, 9.17) is 0 Å². The maximum Gasteiger partial charge on any atom is 0.251 e. The first-order valence-electron chi connectivity index (χ1n) is 9.15. The summed E-state index contributed by atoms with van der Waals surface area (Å²) in [6, 6.07) is 5.53. The highest BCUT2D eigenvalue weighted by atomic mass is 32.2. The third-order valence-corrected chi connectivity index (χ3v) is 5.98. The molecule has 1 fully saturated rings. The number of hydrogen-bond donors (Lipinski definition) is 2. The van der Waals surface area contributed by atoms with Gasteiger partial charge in [-0.05, 0) is 57.0 Å². The van der Waals surface area contributed by atoms with Crippen LogP contribution in [0.25, 0.3) is 0 Å². The number of anilines is 1. The Bertz CT molecular complexity index is 644. The van der Waals surface area contributed by atoms with E-state index in [2.05, 4.69) is 22.5 Å². The first kappa shape index (κ1) is 18.3. The van der Waals surface area contributed by atoms with Crippen LogP contribution in [-0.2, 0) is 4.79 Å². The highest BCUT2D eigenvalue weighted by Crippen LogP contribution is 2.35. The van der Waals surface area contributed by atoms with Crippen LogP contribution in [0.3, 0.4) is 0 Å². The van der Waals surface area contributed by atoms with Crippen LogP contribution in [0.5, 0.6) is 0 Å². The Morgan fingerprint density at radius 2 is 2.12 bits per heavy atom. The second-order valence-electron chi connectivity index (χ2n) is 7.14. The number of carbonyl (C=O) groups is 2. The quantitative estimate of drug-likeness (QED) is 0.846. The molecule has 136 valence electrons. The van der Waals surface area contributed by atoms with Crippen molar-refractivity contribution in [2.24, 2.45) is 5.92 Å². The second kappa shape index (κ2) is 8.23. The largest absolute Gasteiger partial charge is 0.352 e. The Kier molecular flexibility index (Phi) is 6.02. The van der Waals surface area contributed by atoms with Crippen LogP contribution in [0.4, 0.5) is 5.69 Å². The third kappa shape index (κ3) is 4.76. The number of thioether (sulfide) groups is 1. The Balaban J connectivity index is 1.53. The molecule has 1 saturated heterocycles. The van der Waals surface area contributed by atoms with Crippen molar-refractivity contribution in [1.82, 2.24) is 10.2 Å². The third-order valence-electron chi connectivity index (χ3n) is 4.80. The molecular weight excluding hydrogens is 334 g/mol. The van der Waals surface area contributed by atoms with E-state index in [-0.39, 0.29) is 17.1 Å². The highest BCUT2D eigenvalue weighted by Gasteiger charge is 2.24. The molecule has 2 N–H and O–H groups in total. The topological polar surface area (TPSA) is 61.4 Å². The Hall–Kier alpha value is -1.53. The zero-order valence-corrected chi connectivity index (χ0v) is 15.8. The first-order chi connectivity index (χ1) is 12.0. The van der Waals surface area contributed by atoms with Gasteiger partial charge in [-0.15, -0.1) is 11.8 Å². The van der Waals surface area contributed by atoms with Gasteiger partial charge in [-0.1, -0.05) is 13.3 Å². The minimum Gasteiger partial charge on any atom is -0.352 e. The molecule has 5 nitrogen and oxygen atoms in total. The molecule has 0 saturated carbocycles. The number of fused-ring (bicyclic) bond motifs is 1. The lowest BCUT2D eigenvalue weighted by Gasteiger charge is -2.29. The van der Waals surface area contributed by atoms with E-state index in [0.717, 1.165) is 17.1 Å². The lowest BCUT2D eigenvalue weighted by atomic mass is 10.1. The van der Waals surface area contributed by atoms with Crippen molar-refractivity contribution in [3.63, 3.8) is 0 Å². The van der Waals surface area contributed by atoms with Crippen molar-refractivity contribution < 1.29 is 9.59 Å². The summed E-state index contributed by atoms with van der Waals surface area (Å²) >= 11 is 1.53. The van der Waals surface area contributed by atoms with Gasteiger partial charge in [0.05, 0.1) is 10.9 Å². The van der Waals surface area contributed by atoms with Crippen LogP contribution >= 0.6 is 11.8 Å². The summed E-state index contributed by atoms with van der Waals surface area (Å²) in [6.45, 7) is 8.13. The van der Waals surface area contributed by atoms with Gasteiger partial charge < -0.3 is 15.5 Å². The van der Waals surface area contributed by atoms with Crippen molar-refractivity contribution in [2.75, 3.05) is 31.5 Å². The van der Waals surface area contributed by atoms with E-state index in [9.17, 15) is 9.59 Å². The summed E-state index contributed by atoms with van der Waals surface area (Å²) in [7, 11) is 0. The molecule has 25 heavy (non-hydrogen) atoms. The summed E-state index contributed by atoms with van der Waals surface area (Å²) in [6.07, 6.45) is 3.92. The van der Waals surface area contributed by atoms with Gasteiger partial charge in [0, 0.05) is 23.5 Å². The number of benzene rings is 1. The number of piperidine rings is 1. The molecule has 3 rings (SSSR count). The molecule has 0 spiro atoms. The van der Waals surface area contributed by atoms with Gasteiger partial charge in [0.1, 0.15) is 0 Å². The molecule has 2 aliphatic rings. The molecule has 2 amide bonds. The molecule has 0 aliphatic carbocycles. The predicted molar refractivity (Wildman–Crippen MR) is 102 cm³/mol. The number of carbonyl (C=O) groups excluding carboxylic acids is 2. The summed E-state index contributed by atoms with van der Waals surface area (Å²) in [4.78, 5) is 27.7. The highest BCUT2D eigenvalue weighted by molar-refractivity contribution is 8.00. The maximum atomic E-state index is 12.4. The average Bonchev–Trinajstić information content (AvgIpc) is 2.61. The summed E-state index contributed by atoms with van der Waals surface area (Å²) in [5, 5.41) is 5.81. The van der Waals surface area contributed by atoms with E-state index in [1.54, 1.807) is 6.07 Å². The van der Waals surface area contributed by atoms with E-state index < -0.39 is 0 Å². The molecule has 2 aliphatic heterocycles. The van der Waals surface area contributed by atoms with Gasteiger partial charge in [-0.3, -0.25) is 9.59 Å². The van der Waals surface area contributed by atoms with Crippen LogP contribution in [0.15, 0.2) is 23.1 Å². The number of nitrogens with zero attached hydrogens (tertiary/aromatic N) is 1. The van der Waals surface area contributed by atoms with Gasteiger partial charge in [0.2, 0.25) is 5.91 Å². The first-order valence-corrected chi connectivity index (χ1v) is 10.0. The van der Waals surface area contributed by atoms with Gasteiger partial charge in [-0.25, -0.2) is 0 Å². The molecule has 2 atom stereocenters. The fourth-order valence-corrected chi connectivity index (χ4v) is 4.30. The van der Waals surface area contributed by atoms with E-state index in [1.165, 1.54) is 44.1 Å². The number of nitrogens with one attached hydrogen (secondary N) is 2. The van der Waals surface area contributed by atoms with E-state index in [0.29, 0.717) is 18.0 Å². The Labute approximate surface area is 153 Å². The minimum atomic E-state index is -0.0946. The molecule has 1 aromatic carbocycles. The lowest BCUT2D eigenvalue weighted by molar-refractivity contribution is -0.115. The summed E-state index contributed by atoms with van der Waals surface area (Å²) in [5.41, 5.74) is 1.33. The SMILES string of the molecule is C[C@H](CNC(=O)c1ccc2c(c1)NC(=O)[C@H](C)S2)CN1CCCCC1. The summed E-state index contributed by atoms with van der Waals surface area (Å²) in [5.74, 6) is 0.340. The fraction of sp³-hybridized carbons (Fsp3) is 0.579. The van der Waals surface area contributed by atoms with Crippen molar-refractivity contribution in [3.8, 4) is 0 Å². The normalized spacial score (nSPS) is 22.0. The Morgan fingerprint density at radius 1 is 1.36 bits per heavy atom. The molecule has 0 unspecified atom stereocenters. The molecule has 0 bridgehead atoms. The van der Waals surface area contributed by atoms with Crippen molar-refractivity contribution in [3.05, 3.63) is 23.8 Å². The van der Waals surface area contributed by atoms with Crippen LogP contribution in [0.2, 0.25) is 0 Å². The van der Waals surface area contributed by atoms with Gasteiger partial charge in [0.15, 0.2) is 0 Å². The number of hydrogen-bond acceptors (Lipinski definition) is 4. The van der Waals surface area contributed by atoms with Crippen molar-refractivity contribution >= 4 is 29.3 Å². The fourth-order valence-electron chi connectivity index (χ4n) is 3.37. The monoisotopic (exact) mass is 361 g/mol. The smallest absolute Gasteiger partial charge is 0.251 e. The molecule has 6 heteroatoms. The zero-order chi connectivity index (χ0) is 17.8. The van der Waals surface area contributed by atoms with Crippen LogP contribution in [0.1, 0.15) is 43.5 Å². The summed E-state index contributed by atoms with van der Waals surface area (Å²) < 4.78 is 0. The molecular formula is C19H27N3O2S. The standard InChI is InChI=1S/C19H27N3O2S/c1-13(12-22-8-4-3-5-9-22)11-20-19(24)15-6-7-17-16(10-15)21-18(23)14(2)25-17/h6-7,10,13-14H,3-5,8-9,11-12H2,1-2H3,(H,20,24)(H,21,23)/t13-,14+/m1/s1. The van der Waals surface area contributed by atoms with Crippen LogP contribution in [0, 0.1) is 5.92 Å². The predicted octanol–water partition coefficient (Wildman–Crippen LogP) is 2.97.